The summed E-state index contributed by atoms with van der Waals surface area (Å²) in [5.41, 5.74) is 0. The van der Waals surface area contributed by atoms with Crippen LogP contribution in [0.15, 0.2) is 0 Å². The summed E-state index contributed by atoms with van der Waals surface area (Å²) in [4.78, 5) is 13.1. The van der Waals surface area contributed by atoms with Gasteiger partial charge in [-0.2, -0.15) is 0 Å². The molecule has 0 aliphatic heterocycles. The average molecular weight is 253 g/mol. The van der Waals surface area contributed by atoms with E-state index >= 15 is 0 Å². The summed E-state index contributed by atoms with van der Waals surface area (Å²) in [5.74, 6) is 0.740. The summed E-state index contributed by atoms with van der Waals surface area (Å²) < 4.78 is 6.52. The molecule has 1 fully saturated rings. The number of hydrogen-bond donors (Lipinski definition) is 0. The molecular formula is C11H19N5O2. The van der Waals surface area contributed by atoms with Gasteiger partial charge < -0.3 is 4.74 Å². The first-order valence-corrected chi connectivity index (χ1v) is 6.23. The van der Waals surface area contributed by atoms with E-state index in [1.165, 1.54) is 20.0 Å². The third kappa shape index (κ3) is 3.49. The lowest BCUT2D eigenvalue weighted by molar-refractivity contribution is -0.140. The van der Waals surface area contributed by atoms with E-state index in [4.69, 9.17) is 0 Å². The smallest absolute Gasteiger partial charge is 0.305 e. The maximum atomic E-state index is 11.0. The molecule has 0 spiro atoms. The third-order valence-corrected chi connectivity index (χ3v) is 3.01. The van der Waals surface area contributed by atoms with Crippen LogP contribution < -0.4 is 0 Å². The van der Waals surface area contributed by atoms with Crippen molar-refractivity contribution in [3.63, 3.8) is 0 Å². The first kappa shape index (κ1) is 12.9. The first-order chi connectivity index (χ1) is 8.70. The number of tetrazole rings is 1. The van der Waals surface area contributed by atoms with Gasteiger partial charge in [0.2, 0.25) is 0 Å². The second-order valence-corrected chi connectivity index (χ2v) is 4.69. The number of carbonyl (C=O) groups is 1. The quantitative estimate of drug-likeness (QED) is 0.655. The molecule has 100 valence electrons. The summed E-state index contributed by atoms with van der Waals surface area (Å²) in [6, 6.07) is 0.499. The van der Waals surface area contributed by atoms with E-state index in [-0.39, 0.29) is 5.97 Å². The maximum absolute atomic E-state index is 11.0. The Kier molecular flexibility index (Phi) is 4.24. The van der Waals surface area contributed by atoms with Gasteiger partial charge in [-0.05, 0) is 43.3 Å². The summed E-state index contributed by atoms with van der Waals surface area (Å²) in [6.07, 6.45) is 3.58. The molecule has 0 amide bonds. The van der Waals surface area contributed by atoms with Gasteiger partial charge in [0.15, 0.2) is 5.82 Å². The van der Waals surface area contributed by atoms with E-state index in [2.05, 4.69) is 25.2 Å². The molecule has 1 heterocycles. The van der Waals surface area contributed by atoms with Crippen LogP contribution in [0.5, 0.6) is 0 Å². The van der Waals surface area contributed by atoms with Crippen molar-refractivity contribution in [1.29, 1.82) is 0 Å². The molecule has 1 aliphatic rings. The molecule has 7 heteroatoms. The number of rotatable bonds is 7. The van der Waals surface area contributed by atoms with Crippen molar-refractivity contribution in [2.45, 2.75) is 38.3 Å². The van der Waals surface area contributed by atoms with Gasteiger partial charge in [0, 0.05) is 6.42 Å². The van der Waals surface area contributed by atoms with Crippen molar-refractivity contribution in [3.8, 4) is 0 Å². The maximum Gasteiger partial charge on any atom is 0.305 e. The van der Waals surface area contributed by atoms with Gasteiger partial charge in [-0.3, -0.25) is 9.69 Å². The largest absolute Gasteiger partial charge is 0.469 e. The van der Waals surface area contributed by atoms with Crippen molar-refractivity contribution in [1.82, 2.24) is 25.1 Å². The van der Waals surface area contributed by atoms with Crippen LogP contribution in [0.1, 0.15) is 37.5 Å². The Morgan fingerprint density at radius 1 is 1.56 bits per heavy atom. The minimum Gasteiger partial charge on any atom is -0.469 e. The van der Waals surface area contributed by atoms with Crippen LogP contribution in [0.25, 0.3) is 0 Å². The Hall–Kier alpha value is -1.50. The minimum atomic E-state index is -0.161. The lowest BCUT2D eigenvalue weighted by atomic mass is 10.3. The van der Waals surface area contributed by atoms with Gasteiger partial charge in [0.25, 0.3) is 0 Å². The normalized spacial score (nSPS) is 15.1. The second kappa shape index (κ2) is 5.90. The molecule has 0 saturated heterocycles. The molecule has 1 aromatic rings. The van der Waals surface area contributed by atoms with Crippen LogP contribution >= 0.6 is 0 Å². The van der Waals surface area contributed by atoms with Gasteiger partial charge in [0.05, 0.1) is 19.7 Å². The van der Waals surface area contributed by atoms with Crippen LogP contribution in [-0.4, -0.2) is 51.8 Å². The summed E-state index contributed by atoms with van der Waals surface area (Å²) in [5, 5.41) is 11.8. The molecule has 7 nitrogen and oxygen atoms in total. The van der Waals surface area contributed by atoms with Gasteiger partial charge in [-0.25, -0.2) is 4.68 Å². The fourth-order valence-corrected chi connectivity index (χ4v) is 1.83. The lowest BCUT2D eigenvalue weighted by Gasteiger charge is -2.15. The Bertz CT molecular complexity index is 402. The van der Waals surface area contributed by atoms with Gasteiger partial charge in [0.1, 0.15) is 0 Å². The molecule has 0 N–H and O–H groups in total. The zero-order valence-corrected chi connectivity index (χ0v) is 10.9. The average Bonchev–Trinajstić information content (AvgIpc) is 3.10. The highest BCUT2D eigenvalue weighted by Gasteiger charge is 2.27. The van der Waals surface area contributed by atoms with E-state index in [0.29, 0.717) is 19.0 Å². The zero-order valence-electron chi connectivity index (χ0n) is 10.9. The highest BCUT2D eigenvalue weighted by molar-refractivity contribution is 5.69. The number of hydrogen-bond acceptors (Lipinski definition) is 6. The molecule has 0 unspecified atom stereocenters. The van der Waals surface area contributed by atoms with Crippen LogP contribution in [0.2, 0.25) is 0 Å². The standard InChI is InChI=1S/C11H19N5O2/c1-15(7-3-4-11(17)18-2)8-10-12-13-14-16(10)9-5-6-9/h9H,3-8H2,1-2H3. The fraction of sp³-hybridized carbons (Fsp3) is 0.818. The lowest BCUT2D eigenvalue weighted by Crippen LogP contribution is -2.22. The Balaban J connectivity index is 1.74. The number of nitrogens with zero attached hydrogens (tertiary/aromatic N) is 5. The van der Waals surface area contributed by atoms with Crippen molar-refractivity contribution < 1.29 is 9.53 Å². The number of methoxy groups -OCH3 is 1. The van der Waals surface area contributed by atoms with E-state index in [1.54, 1.807) is 0 Å². The molecular weight excluding hydrogens is 234 g/mol. The van der Waals surface area contributed by atoms with Crippen LogP contribution in [0.4, 0.5) is 0 Å². The van der Waals surface area contributed by atoms with Crippen LogP contribution in [-0.2, 0) is 16.1 Å². The fourth-order valence-electron chi connectivity index (χ4n) is 1.83. The third-order valence-electron chi connectivity index (χ3n) is 3.01. The van der Waals surface area contributed by atoms with E-state index in [1.807, 2.05) is 11.7 Å². The van der Waals surface area contributed by atoms with Gasteiger partial charge in [-0.15, -0.1) is 5.10 Å². The van der Waals surface area contributed by atoms with Gasteiger partial charge in [-0.1, -0.05) is 0 Å². The van der Waals surface area contributed by atoms with E-state index < -0.39 is 0 Å². The topological polar surface area (TPSA) is 73.1 Å². The molecule has 1 aromatic heterocycles. The highest BCUT2D eigenvalue weighted by atomic mass is 16.5. The van der Waals surface area contributed by atoms with Gasteiger partial charge >= 0.3 is 5.97 Å². The first-order valence-electron chi connectivity index (χ1n) is 6.23. The molecule has 2 rings (SSSR count). The SMILES string of the molecule is COC(=O)CCCN(C)Cc1nnnn1C1CC1. The molecule has 1 aliphatic carbocycles. The van der Waals surface area contributed by atoms with Crippen molar-refractivity contribution in [2.75, 3.05) is 20.7 Å². The van der Waals surface area contributed by atoms with Crippen molar-refractivity contribution >= 4 is 5.97 Å². The second-order valence-electron chi connectivity index (χ2n) is 4.69. The molecule has 0 aromatic carbocycles. The van der Waals surface area contributed by atoms with Crippen molar-refractivity contribution in [2.24, 2.45) is 0 Å². The molecule has 0 atom stereocenters. The van der Waals surface area contributed by atoms with E-state index in [0.717, 1.165) is 18.8 Å². The predicted octanol–water partition coefficient (Wildman–Crippen LogP) is 0.393. The minimum absolute atomic E-state index is 0.161. The number of carbonyl (C=O) groups excluding carboxylic acids is 1. The summed E-state index contributed by atoms with van der Waals surface area (Å²) in [7, 11) is 3.42. The van der Waals surface area contributed by atoms with E-state index in [9.17, 15) is 4.79 Å². The highest BCUT2D eigenvalue weighted by Crippen LogP contribution is 2.34. The van der Waals surface area contributed by atoms with Crippen molar-refractivity contribution in [3.05, 3.63) is 5.82 Å². The molecule has 0 radical (unpaired) electrons. The summed E-state index contributed by atoms with van der Waals surface area (Å²) in [6.45, 7) is 1.54. The molecule has 0 bridgehead atoms. The number of ether oxygens (including phenoxy) is 1. The molecule has 18 heavy (non-hydrogen) atoms. The van der Waals surface area contributed by atoms with Crippen LogP contribution in [0, 0.1) is 0 Å². The number of esters is 1. The predicted molar refractivity (Wildman–Crippen MR) is 63.7 cm³/mol. The zero-order chi connectivity index (χ0) is 13.0. The molecule has 1 saturated carbocycles. The monoisotopic (exact) mass is 253 g/mol. The Labute approximate surface area is 106 Å². The number of aromatic nitrogens is 4. The Morgan fingerprint density at radius 2 is 2.33 bits per heavy atom. The van der Waals surface area contributed by atoms with Crippen LogP contribution in [0.3, 0.4) is 0 Å². The Morgan fingerprint density at radius 3 is 3.00 bits per heavy atom. The summed E-state index contributed by atoms with van der Waals surface area (Å²) >= 11 is 0.